The van der Waals surface area contributed by atoms with Crippen molar-refractivity contribution < 1.29 is 8.78 Å². The van der Waals surface area contributed by atoms with Gasteiger partial charge in [0.25, 0.3) is 0 Å². The fourth-order valence-electron chi connectivity index (χ4n) is 4.09. The second kappa shape index (κ2) is 8.75. The molecule has 0 saturated carbocycles. The lowest BCUT2D eigenvalue weighted by Crippen LogP contribution is -2.20. The van der Waals surface area contributed by atoms with Crippen molar-refractivity contribution in [1.82, 2.24) is 0 Å². The molecule has 0 unspecified atom stereocenters. The lowest BCUT2D eigenvalue weighted by molar-refractivity contribution is 0.509. The molecule has 0 atom stereocenters. The van der Waals surface area contributed by atoms with Gasteiger partial charge in [0.05, 0.1) is 0 Å². The molecule has 1 aliphatic rings. The number of benzene rings is 2. The minimum absolute atomic E-state index is 0.466. The second-order valence-electron chi connectivity index (χ2n) is 7.46. The van der Waals surface area contributed by atoms with E-state index in [-0.39, 0.29) is 0 Å². The van der Waals surface area contributed by atoms with Gasteiger partial charge in [0.15, 0.2) is 11.6 Å². The van der Waals surface area contributed by atoms with Crippen molar-refractivity contribution >= 4 is 8.80 Å². The van der Waals surface area contributed by atoms with Gasteiger partial charge in [-0.05, 0) is 47.6 Å². The Kier molecular flexibility index (Phi) is 6.41. The summed E-state index contributed by atoms with van der Waals surface area (Å²) in [5.41, 5.74) is 3.09. The predicted molar refractivity (Wildman–Crippen MR) is 105 cm³/mol. The molecular formula is C22H28F2Si. The molecule has 25 heavy (non-hydrogen) atoms. The van der Waals surface area contributed by atoms with Gasteiger partial charge in [-0.2, -0.15) is 0 Å². The van der Waals surface area contributed by atoms with E-state index in [1.807, 2.05) is 12.1 Å². The van der Waals surface area contributed by atoms with Crippen molar-refractivity contribution in [3.05, 3.63) is 59.7 Å². The fraction of sp³-hybridized carbons (Fsp3) is 0.455. The Morgan fingerprint density at radius 1 is 0.880 bits per heavy atom. The zero-order valence-corrected chi connectivity index (χ0v) is 16.3. The summed E-state index contributed by atoms with van der Waals surface area (Å²) in [4.78, 5) is 0. The van der Waals surface area contributed by atoms with Crippen LogP contribution in [0.5, 0.6) is 0 Å². The van der Waals surface area contributed by atoms with Gasteiger partial charge in [-0.1, -0.05) is 74.7 Å². The Morgan fingerprint density at radius 3 is 2.20 bits per heavy atom. The lowest BCUT2D eigenvalue weighted by Gasteiger charge is -2.28. The van der Waals surface area contributed by atoms with Gasteiger partial charge < -0.3 is 0 Å². The zero-order valence-electron chi connectivity index (χ0n) is 15.1. The number of halogens is 2. The fourth-order valence-corrected chi connectivity index (χ4v) is 7.57. The van der Waals surface area contributed by atoms with Crippen molar-refractivity contribution in [1.29, 1.82) is 0 Å². The maximum absolute atomic E-state index is 13.4. The summed E-state index contributed by atoms with van der Waals surface area (Å²) in [6.45, 7) is 2.28. The minimum Gasteiger partial charge on any atom is -0.204 e. The Labute approximate surface area is 151 Å². The van der Waals surface area contributed by atoms with Crippen LogP contribution in [0, 0.1) is 11.6 Å². The van der Waals surface area contributed by atoms with Gasteiger partial charge in [0.2, 0.25) is 0 Å². The molecule has 0 nitrogen and oxygen atoms in total. The number of hydrogen-bond donors (Lipinski definition) is 0. The molecule has 0 amide bonds. The monoisotopic (exact) mass is 358 g/mol. The van der Waals surface area contributed by atoms with E-state index in [4.69, 9.17) is 0 Å². The standard InChI is InChI=1S/C22H28F2Si/c1-2-3-4-13-25-14-11-19(12-15-25)17-5-7-18(8-6-17)20-9-10-21(23)22(24)16-20/h5-10,16,19,25H,2-4,11-15H2,1H3. The normalized spacial score (nSPS) is 20.6. The minimum atomic E-state index is -0.791. The highest BCUT2D eigenvalue weighted by Crippen LogP contribution is 2.36. The summed E-state index contributed by atoms with van der Waals surface area (Å²) in [5.74, 6) is -0.887. The summed E-state index contributed by atoms with van der Waals surface area (Å²) >= 11 is 0. The maximum atomic E-state index is 13.4. The van der Waals surface area contributed by atoms with Crippen molar-refractivity contribution in [3.8, 4) is 11.1 Å². The Bertz CT molecular complexity index is 673. The first-order valence-electron chi connectivity index (χ1n) is 9.72. The summed E-state index contributed by atoms with van der Waals surface area (Å²) < 4.78 is 26.5. The van der Waals surface area contributed by atoms with E-state index in [0.29, 0.717) is 5.92 Å². The van der Waals surface area contributed by atoms with Crippen LogP contribution in [0.1, 0.15) is 50.5 Å². The maximum Gasteiger partial charge on any atom is 0.159 e. The second-order valence-corrected chi connectivity index (χ2v) is 10.9. The molecule has 0 N–H and O–H groups in total. The number of unbranched alkanes of at least 4 members (excludes halogenated alkanes) is 2. The molecule has 1 aliphatic heterocycles. The summed E-state index contributed by atoms with van der Waals surface area (Å²) in [6, 6.07) is 17.1. The van der Waals surface area contributed by atoms with E-state index in [1.54, 1.807) is 6.07 Å². The third-order valence-electron chi connectivity index (χ3n) is 5.70. The Balaban J connectivity index is 1.59. The van der Waals surface area contributed by atoms with Gasteiger partial charge in [-0.25, -0.2) is 8.78 Å². The van der Waals surface area contributed by atoms with Gasteiger partial charge in [-0.15, -0.1) is 0 Å². The summed E-state index contributed by atoms with van der Waals surface area (Å²) in [7, 11) is -0.466. The largest absolute Gasteiger partial charge is 0.204 e. The van der Waals surface area contributed by atoms with E-state index in [2.05, 4.69) is 19.1 Å². The highest BCUT2D eigenvalue weighted by molar-refractivity contribution is 6.59. The van der Waals surface area contributed by atoms with Crippen LogP contribution in [0.25, 0.3) is 11.1 Å². The zero-order chi connectivity index (χ0) is 17.6. The predicted octanol–water partition coefficient (Wildman–Crippen LogP) is 6.93. The van der Waals surface area contributed by atoms with Crippen LogP contribution < -0.4 is 0 Å². The average molecular weight is 359 g/mol. The molecular weight excluding hydrogens is 330 g/mol. The summed E-state index contributed by atoms with van der Waals surface area (Å²) in [6.07, 6.45) is 6.86. The van der Waals surface area contributed by atoms with Crippen LogP contribution in [0.2, 0.25) is 18.1 Å². The van der Waals surface area contributed by atoms with Crippen LogP contribution in [0.3, 0.4) is 0 Å². The van der Waals surface area contributed by atoms with Gasteiger partial charge in [0.1, 0.15) is 0 Å². The van der Waals surface area contributed by atoms with Crippen LogP contribution in [-0.2, 0) is 0 Å². The van der Waals surface area contributed by atoms with Crippen molar-refractivity contribution in [2.45, 2.75) is 63.1 Å². The molecule has 1 fully saturated rings. The topological polar surface area (TPSA) is 0 Å². The van der Waals surface area contributed by atoms with Crippen LogP contribution in [-0.4, -0.2) is 8.80 Å². The van der Waals surface area contributed by atoms with Gasteiger partial charge in [0, 0.05) is 8.80 Å². The first-order valence-corrected chi connectivity index (χ1v) is 12.2. The number of hydrogen-bond acceptors (Lipinski definition) is 0. The third-order valence-corrected chi connectivity index (χ3v) is 9.22. The molecule has 1 heterocycles. The average Bonchev–Trinajstić information content (AvgIpc) is 2.65. The molecule has 3 heteroatoms. The number of rotatable bonds is 6. The smallest absolute Gasteiger partial charge is 0.159 e. The van der Waals surface area contributed by atoms with Crippen LogP contribution in [0.15, 0.2) is 42.5 Å². The molecule has 3 rings (SSSR count). The first-order chi connectivity index (χ1) is 12.2. The third kappa shape index (κ3) is 4.78. The molecule has 0 aromatic heterocycles. The highest BCUT2D eigenvalue weighted by Gasteiger charge is 2.22. The van der Waals surface area contributed by atoms with E-state index in [0.717, 1.165) is 11.1 Å². The molecule has 134 valence electrons. The van der Waals surface area contributed by atoms with E-state index < -0.39 is 20.4 Å². The van der Waals surface area contributed by atoms with Gasteiger partial charge in [-0.3, -0.25) is 0 Å². The van der Waals surface area contributed by atoms with Crippen LogP contribution in [0.4, 0.5) is 8.78 Å². The molecule has 0 aliphatic carbocycles. The Hall–Kier alpha value is -1.48. The molecule has 2 aromatic rings. The van der Waals surface area contributed by atoms with Crippen LogP contribution >= 0.6 is 0 Å². The molecule has 0 bridgehead atoms. The van der Waals surface area contributed by atoms with Gasteiger partial charge >= 0.3 is 0 Å². The van der Waals surface area contributed by atoms with Crippen molar-refractivity contribution in [2.24, 2.45) is 0 Å². The first kappa shape index (κ1) is 18.3. The van der Waals surface area contributed by atoms with E-state index >= 15 is 0 Å². The molecule has 0 spiro atoms. The van der Waals surface area contributed by atoms with E-state index in [9.17, 15) is 8.78 Å². The Morgan fingerprint density at radius 2 is 1.56 bits per heavy atom. The molecule has 0 radical (unpaired) electrons. The molecule has 1 saturated heterocycles. The molecule has 2 aromatic carbocycles. The van der Waals surface area contributed by atoms with E-state index in [1.165, 1.54) is 67.9 Å². The SMILES string of the molecule is CCCCC[SiH]1CCC(c2ccc(-c3ccc(F)c(F)c3)cc2)CC1. The summed E-state index contributed by atoms with van der Waals surface area (Å²) in [5, 5.41) is 0. The van der Waals surface area contributed by atoms with Crippen molar-refractivity contribution in [3.63, 3.8) is 0 Å². The van der Waals surface area contributed by atoms with Crippen molar-refractivity contribution in [2.75, 3.05) is 0 Å². The highest BCUT2D eigenvalue weighted by atomic mass is 28.3. The lowest BCUT2D eigenvalue weighted by atomic mass is 9.92. The quantitative estimate of drug-likeness (QED) is 0.388.